The summed E-state index contributed by atoms with van der Waals surface area (Å²) < 4.78 is 40.8. The Labute approximate surface area is 127 Å². The van der Waals surface area contributed by atoms with Gasteiger partial charge in [0.25, 0.3) is 0 Å². The highest BCUT2D eigenvalue weighted by molar-refractivity contribution is 5.76. The highest BCUT2D eigenvalue weighted by Gasteiger charge is 2.28. The fourth-order valence-electron chi connectivity index (χ4n) is 2.49. The molecule has 1 aromatic rings. The highest BCUT2D eigenvalue weighted by atomic mass is 19.4. The lowest BCUT2D eigenvalue weighted by molar-refractivity contribution is -0.153. The fraction of sp³-hybridized carbons (Fsp3) is 0.533. The van der Waals surface area contributed by atoms with E-state index in [1.54, 1.807) is 12.1 Å². The molecule has 1 saturated heterocycles. The van der Waals surface area contributed by atoms with E-state index < -0.39 is 12.8 Å². The average Bonchev–Trinajstić information content (AvgIpc) is 2.46. The van der Waals surface area contributed by atoms with Crippen LogP contribution in [-0.2, 0) is 11.3 Å². The van der Waals surface area contributed by atoms with Gasteiger partial charge in [0.2, 0.25) is 5.91 Å². The van der Waals surface area contributed by atoms with Crippen molar-refractivity contribution < 1.29 is 22.7 Å². The van der Waals surface area contributed by atoms with Crippen molar-refractivity contribution in [1.29, 1.82) is 0 Å². The van der Waals surface area contributed by atoms with Gasteiger partial charge < -0.3 is 10.5 Å². The Hall–Kier alpha value is -1.76. The molecular formula is C15H19F3N2O2. The summed E-state index contributed by atoms with van der Waals surface area (Å²) in [4.78, 5) is 13.3. The monoisotopic (exact) mass is 316 g/mol. The van der Waals surface area contributed by atoms with Crippen LogP contribution in [0.2, 0.25) is 0 Å². The first-order valence-electron chi connectivity index (χ1n) is 7.13. The van der Waals surface area contributed by atoms with Crippen LogP contribution < -0.4 is 10.5 Å². The molecule has 0 radical (unpaired) electrons. The van der Waals surface area contributed by atoms with Gasteiger partial charge in [-0.15, -0.1) is 0 Å². The van der Waals surface area contributed by atoms with Crippen molar-refractivity contribution in [3.8, 4) is 5.75 Å². The molecule has 0 aliphatic carbocycles. The van der Waals surface area contributed by atoms with E-state index >= 15 is 0 Å². The minimum atomic E-state index is -4.33. The molecule has 1 fully saturated rings. The molecule has 4 nitrogen and oxygen atoms in total. The number of benzene rings is 1. The van der Waals surface area contributed by atoms with Gasteiger partial charge in [0, 0.05) is 12.5 Å². The number of rotatable bonds is 5. The summed E-state index contributed by atoms with van der Waals surface area (Å²) in [6.45, 7) is 0.998. The van der Waals surface area contributed by atoms with E-state index in [9.17, 15) is 18.0 Å². The Kier molecular flexibility index (Phi) is 5.28. The number of piperidine rings is 1. The summed E-state index contributed by atoms with van der Waals surface area (Å²) in [7, 11) is 0. The molecule has 0 aromatic heterocycles. The molecule has 22 heavy (non-hydrogen) atoms. The van der Waals surface area contributed by atoms with Crippen LogP contribution in [0.4, 0.5) is 13.2 Å². The summed E-state index contributed by atoms with van der Waals surface area (Å²) in [6.07, 6.45) is -2.83. The first kappa shape index (κ1) is 16.6. The second kappa shape index (κ2) is 7.00. The molecule has 0 bridgehead atoms. The third-order valence-electron chi connectivity index (χ3n) is 3.72. The number of ether oxygens (including phenoxy) is 1. The third kappa shape index (κ3) is 5.22. The number of primary amides is 1. The molecule has 0 atom stereocenters. The smallest absolute Gasteiger partial charge is 0.422 e. The van der Waals surface area contributed by atoms with Crippen molar-refractivity contribution in [1.82, 2.24) is 4.90 Å². The van der Waals surface area contributed by atoms with Crippen molar-refractivity contribution >= 4 is 5.91 Å². The van der Waals surface area contributed by atoms with Gasteiger partial charge in [0.1, 0.15) is 5.75 Å². The van der Waals surface area contributed by atoms with Gasteiger partial charge in [0.05, 0.1) is 0 Å². The lowest BCUT2D eigenvalue weighted by Gasteiger charge is -2.30. The summed E-state index contributed by atoms with van der Waals surface area (Å²) in [5.41, 5.74) is 6.29. The quantitative estimate of drug-likeness (QED) is 0.907. The average molecular weight is 316 g/mol. The predicted octanol–water partition coefficient (Wildman–Crippen LogP) is 2.33. The van der Waals surface area contributed by atoms with E-state index in [1.807, 2.05) is 0 Å². The van der Waals surface area contributed by atoms with Crippen LogP contribution in [0, 0.1) is 5.92 Å². The number of hydrogen-bond acceptors (Lipinski definition) is 3. The molecule has 122 valence electrons. The van der Waals surface area contributed by atoms with Gasteiger partial charge in [-0.25, -0.2) is 0 Å². The van der Waals surface area contributed by atoms with E-state index in [0.717, 1.165) is 31.5 Å². The Morgan fingerprint density at radius 1 is 1.23 bits per heavy atom. The number of carbonyl (C=O) groups is 1. The lowest BCUT2D eigenvalue weighted by atomic mass is 9.96. The topological polar surface area (TPSA) is 55.6 Å². The summed E-state index contributed by atoms with van der Waals surface area (Å²) in [5.74, 6) is -0.0891. The van der Waals surface area contributed by atoms with Crippen molar-refractivity contribution in [2.45, 2.75) is 25.6 Å². The number of halogens is 3. The summed E-state index contributed by atoms with van der Waals surface area (Å²) in [5, 5.41) is 0. The fourth-order valence-corrected chi connectivity index (χ4v) is 2.49. The molecule has 0 saturated carbocycles. The van der Waals surface area contributed by atoms with Gasteiger partial charge in [-0.3, -0.25) is 9.69 Å². The maximum Gasteiger partial charge on any atom is 0.422 e. The summed E-state index contributed by atoms with van der Waals surface area (Å²) in [6, 6.07) is 6.59. The Morgan fingerprint density at radius 2 is 1.82 bits per heavy atom. The Bertz CT molecular complexity index is 495. The second-order valence-corrected chi connectivity index (χ2v) is 5.50. The first-order chi connectivity index (χ1) is 10.3. The third-order valence-corrected chi connectivity index (χ3v) is 3.72. The molecule has 2 rings (SSSR count). The number of hydrogen-bond donors (Lipinski definition) is 1. The molecule has 1 heterocycles. The minimum Gasteiger partial charge on any atom is -0.484 e. The molecule has 7 heteroatoms. The largest absolute Gasteiger partial charge is 0.484 e. The minimum absolute atomic E-state index is 0.0469. The Morgan fingerprint density at radius 3 is 2.32 bits per heavy atom. The maximum atomic E-state index is 12.1. The molecule has 1 aromatic carbocycles. The van der Waals surface area contributed by atoms with E-state index in [-0.39, 0.29) is 17.6 Å². The number of nitrogens with zero attached hydrogens (tertiary/aromatic N) is 1. The van der Waals surface area contributed by atoms with E-state index in [0.29, 0.717) is 6.54 Å². The number of amides is 1. The zero-order valence-corrected chi connectivity index (χ0v) is 12.1. The van der Waals surface area contributed by atoms with Gasteiger partial charge in [-0.2, -0.15) is 13.2 Å². The first-order valence-corrected chi connectivity index (χ1v) is 7.13. The van der Waals surface area contributed by atoms with E-state index in [2.05, 4.69) is 9.64 Å². The number of carbonyl (C=O) groups excluding carboxylic acids is 1. The maximum absolute atomic E-state index is 12.1. The molecule has 1 aliphatic heterocycles. The summed E-state index contributed by atoms with van der Waals surface area (Å²) >= 11 is 0. The predicted molar refractivity (Wildman–Crippen MR) is 75.2 cm³/mol. The van der Waals surface area contributed by atoms with Crippen LogP contribution in [-0.4, -0.2) is 36.7 Å². The van der Waals surface area contributed by atoms with Crippen LogP contribution in [0.5, 0.6) is 5.75 Å². The van der Waals surface area contributed by atoms with Crippen LogP contribution >= 0.6 is 0 Å². The van der Waals surface area contributed by atoms with Crippen LogP contribution in [0.15, 0.2) is 24.3 Å². The number of nitrogens with two attached hydrogens (primary N) is 1. The van der Waals surface area contributed by atoms with Crippen molar-refractivity contribution in [3.05, 3.63) is 29.8 Å². The van der Waals surface area contributed by atoms with Crippen molar-refractivity contribution in [2.75, 3.05) is 19.7 Å². The lowest BCUT2D eigenvalue weighted by Crippen LogP contribution is -2.38. The molecular weight excluding hydrogens is 297 g/mol. The van der Waals surface area contributed by atoms with Crippen LogP contribution in [0.25, 0.3) is 0 Å². The van der Waals surface area contributed by atoms with E-state index in [4.69, 9.17) is 5.73 Å². The van der Waals surface area contributed by atoms with Gasteiger partial charge in [0.15, 0.2) is 6.61 Å². The van der Waals surface area contributed by atoms with Crippen molar-refractivity contribution in [2.24, 2.45) is 11.7 Å². The molecule has 0 spiro atoms. The van der Waals surface area contributed by atoms with Crippen molar-refractivity contribution in [3.63, 3.8) is 0 Å². The molecule has 1 amide bonds. The SMILES string of the molecule is NC(=O)C1CCN(Cc2ccc(OCC(F)(F)F)cc2)CC1. The molecule has 0 unspecified atom stereocenters. The highest BCUT2D eigenvalue weighted by Crippen LogP contribution is 2.21. The van der Waals surface area contributed by atoms with Crippen LogP contribution in [0.1, 0.15) is 18.4 Å². The van der Waals surface area contributed by atoms with Gasteiger partial charge in [-0.1, -0.05) is 12.1 Å². The second-order valence-electron chi connectivity index (χ2n) is 5.50. The zero-order valence-electron chi connectivity index (χ0n) is 12.1. The van der Waals surface area contributed by atoms with E-state index in [1.165, 1.54) is 12.1 Å². The Balaban J connectivity index is 1.81. The zero-order chi connectivity index (χ0) is 16.2. The standard InChI is InChI=1S/C15H19F3N2O2/c16-15(17,18)10-22-13-3-1-11(2-4-13)9-20-7-5-12(6-8-20)14(19)21/h1-4,12H,5-10H2,(H2,19,21). The molecule has 1 aliphatic rings. The number of alkyl halides is 3. The molecule has 2 N–H and O–H groups in total. The van der Waals surface area contributed by atoms with Gasteiger partial charge >= 0.3 is 6.18 Å². The van der Waals surface area contributed by atoms with Crippen LogP contribution in [0.3, 0.4) is 0 Å². The van der Waals surface area contributed by atoms with Gasteiger partial charge in [-0.05, 0) is 43.6 Å². The number of likely N-dealkylation sites (tertiary alicyclic amines) is 1. The normalized spacial score (nSPS) is 17.4.